The predicted octanol–water partition coefficient (Wildman–Crippen LogP) is 3.34. The molecule has 0 spiro atoms. The zero-order chi connectivity index (χ0) is 13.1. The Morgan fingerprint density at radius 3 is 2.83 bits per heavy atom. The van der Waals surface area contributed by atoms with Crippen LogP contribution in [0.4, 0.5) is 0 Å². The van der Waals surface area contributed by atoms with Gasteiger partial charge >= 0.3 is 0 Å². The number of hydrogen-bond acceptors (Lipinski definition) is 4. The number of ether oxygens (including phenoxy) is 1. The molecule has 0 saturated heterocycles. The van der Waals surface area contributed by atoms with E-state index in [-0.39, 0.29) is 6.04 Å². The molecule has 0 aliphatic carbocycles. The first-order valence-corrected chi connectivity index (χ1v) is 6.45. The molecule has 96 valence electrons. The Morgan fingerprint density at radius 2 is 2.22 bits per heavy atom. The lowest BCUT2D eigenvalue weighted by molar-refractivity contribution is 0.284. The number of nitrogens with zero attached hydrogens (tertiary/aromatic N) is 1. The number of aryl methyl sites for hydroxylation is 1. The molecule has 2 N–H and O–H groups in total. The second-order valence-electron chi connectivity index (χ2n) is 4.19. The second-order valence-corrected chi connectivity index (χ2v) is 5.10. The molecule has 5 heteroatoms. The summed E-state index contributed by atoms with van der Waals surface area (Å²) in [7, 11) is 0. The highest BCUT2D eigenvalue weighted by atomic mass is 79.9. The van der Waals surface area contributed by atoms with Crippen LogP contribution in [0.3, 0.4) is 0 Å². The Bertz CT molecular complexity index is 538. The molecule has 1 aromatic carbocycles. The summed E-state index contributed by atoms with van der Waals surface area (Å²) in [6.45, 7) is 4.15. The number of benzene rings is 1. The average Bonchev–Trinajstić information content (AvgIpc) is 2.72. The third kappa shape index (κ3) is 3.11. The average molecular weight is 311 g/mol. The van der Waals surface area contributed by atoms with E-state index in [0.717, 1.165) is 27.2 Å². The fraction of sp³-hybridized carbons (Fsp3) is 0.308. The number of hydrogen-bond donors (Lipinski definition) is 1. The van der Waals surface area contributed by atoms with Crippen LogP contribution in [-0.4, -0.2) is 5.16 Å². The number of aromatic nitrogens is 1. The third-order valence-corrected chi connectivity index (χ3v) is 3.01. The van der Waals surface area contributed by atoms with Gasteiger partial charge in [0.1, 0.15) is 23.8 Å². The molecule has 0 aliphatic heterocycles. The van der Waals surface area contributed by atoms with Gasteiger partial charge < -0.3 is 15.0 Å². The van der Waals surface area contributed by atoms with E-state index in [0.29, 0.717) is 6.61 Å². The molecule has 2 rings (SSSR count). The first-order chi connectivity index (χ1) is 8.56. The number of nitrogens with two attached hydrogens (primary N) is 1. The maximum Gasteiger partial charge on any atom is 0.134 e. The highest BCUT2D eigenvalue weighted by molar-refractivity contribution is 9.10. The molecule has 1 atom stereocenters. The zero-order valence-corrected chi connectivity index (χ0v) is 11.9. The van der Waals surface area contributed by atoms with Crippen LogP contribution in [0, 0.1) is 6.92 Å². The van der Waals surface area contributed by atoms with Crippen LogP contribution < -0.4 is 10.5 Å². The van der Waals surface area contributed by atoms with Gasteiger partial charge in [0.15, 0.2) is 0 Å². The lowest BCUT2D eigenvalue weighted by atomic mass is 10.1. The van der Waals surface area contributed by atoms with Gasteiger partial charge in [0.2, 0.25) is 0 Å². The van der Waals surface area contributed by atoms with Gasteiger partial charge in [-0.05, 0) is 26.0 Å². The van der Waals surface area contributed by atoms with Crippen molar-refractivity contribution in [2.24, 2.45) is 5.73 Å². The Morgan fingerprint density at radius 1 is 1.44 bits per heavy atom. The van der Waals surface area contributed by atoms with Crippen molar-refractivity contribution in [1.82, 2.24) is 5.16 Å². The predicted molar refractivity (Wildman–Crippen MR) is 72.3 cm³/mol. The van der Waals surface area contributed by atoms with E-state index in [4.69, 9.17) is 15.0 Å². The summed E-state index contributed by atoms with van der Waals surface area (Å²) < 4.78 is 11.7. The van der Waals surface area contributed by atoms with E-state index in [1.807, 2.05) is 38.1 Å². The molecular formula is C13H15BrN2O2. The fourth-order valence-corrected chi connectivity index (χ4v) is 1.99. The van der Waals surface area contributed by atoms with Gasteiger partial charge in [-0.25, -0.2) is 0 Å². The van der Waals surface area contributed by atoms with Gasteiger partial charge in [-0.2, -0.15) is 0 Å². The van der Waals surface area contributed by atoms with Gasteiger partial charge in [0.05, 0.1) is 0 Å². The van der Waals surface area contributed by atoms with Crippen molar-refractivity contribution in [1.29, 1.82) is 0 Å². The van der Waals surface area contributed by atoms with Crippen LogP contribution in [0.15, 0.2) is 33.3 Å². The highest BCUT2D eigenvalue weighted by Crippen LogP contribution is 2.28. The van der Waals surface area contributed by atoms with Gasteiger partial charge in [0.25, 0.3) is 0 Å². The lowest BCUT2D eigenvalue weighted by Crippen LogP contribution is -2.08. The van der Waals surface area contributed by atoms with E-state index in [2.05, 4.69) is 21.1 Å². The third-order valence-electron chi connectivity index (χ3n) is 2.52. The van der Waals surface area contributed by atoms with E-state index in [9.17, 15) is 0 Å². The van der Waals surface area contributed by atoms with E-state index < -0.39 is 0 Å². The first kappa shape index (κ1) is 13.1. The quantitative estimate of drug-likeness (QED) is 0.940. The maximum atomic E-state index is 5.91. The molecule has 0 unspecified atom stereocenters. The molecule has 2 aromatic rings. The van der Waals surface area contributed by atoms with Crippen LogP contribution in [-0.2, 0) is 6.61 Å². The molecule has 0 saturated carbocycles. The molecule has 0 bridgehead atoms. The molecule has 1 aromatic heterocycles. The summed E-state index contributed by atoms with van der Waals surface area (Å²) in [5.41, 5.74) is 7.65. The fourth-order valence-electron chi connectivity index (χ4n) is 1.65. The lowest BCUT2D eigenvalue weighted by Gasteiger charge is -2.13. The Labute approximate surface area is 114 Å². The van der Waals surface area contributed by atoms with Crippen LogP contribution >= 0.6 is 15.9 Å². The molecular weight excluding hydrogens is 296 g/mol. The van der Waals surface area contributed by atoms with Crippen LogP contribution in [0.1, 0.15) is 30.0 Å². The Balaban J connectivity index is 2.15. The summed E-state index contributed by atoms with van der Waals surface area (Å²) in [4.78, 5) is 0. The SMILES string of the molecule is Cc1cc(COc2cc(Br)ccc2[C@H](C)N)no1. The van der Waals surface area contributed by atoms with Gasteiger partial charge in [-0.15, -0.1) is 0 Å². The van der Waals surface area contributed by atoms with Crippen molar-refractivity contribution >= 4 is 15.9 Å². The van der Waals surface area contributed by atoms with Crippen LogP contribution in [0.25, 0.3) is 0 Å². The van der Waals surface area contributed by atoms with E-state index in [1.54, 1.807) is 0 Å². The molecule has 1 heterocycles. The number of halogens is 1. The molecule has 0 amide bonds. The smallest absolute Gasteiger partial charge is 0.134 e. The van der Waals surface area contributed by atoms with Crippen molar-refractivity contribution in [3.8, 4) is 5.75 Å². The first-order valence-electron chi connectivity index (χ1n) is 5.66. The normalized spacial score (nSPS) is 12.4. The van der Waals surface area contributed by atoms with Gasteiger partial charge in [-0.3, -0.25) is 0 Å². The summed E-state index contributed by atoms with van der Waals surface area (Å²) in [6.07, 6.45) is 0. The minimum Gasteiger partial charge on any atom is -0.487 e. The molecule has 4 nitrogen and oxygen atoms in total. The largest absolute Gasteiger partial charge is 0.487 e. The van der Waals surface area contributed by atoms with Crippen molar-refractivity contribution in [3.05, 3.63) is 45.8 Å². The van der Waals surface area contributed by atoms with Crippen molar-refractivity contribution < 1.29 is 9.26 Å². The van der Waals surface area contributed by atoms with Gasteiger partial charge in [0, 0.05) is 22.1 Å². The van der Waals surface area contributed by atoms with E-state index >= 15 is 0 Å². The Kier molecular flexibility index (Phi) is 4.04. The number of rotatable bonds is 4. The highest BCUT2D eigenvalue weighted by Gasteiger charge is 2.10. The summed E-state index contributed by atoms with van der Waals surface area (Å²) >= 11 is 3.42. The van der Waals surface area contributed by atoms with Crippen molar-refractivity contribution in [3.63, 3.8) is 0 Å². The van der Waals surface area contributed by atoms with Crippen LogP contribution in [0.2, 0.25) is 0 Å². The topological polar surface area (TPSA) is 61.3 Å². The molecule has 0 aliphatic rings. The van der Waals surface area contributed by atoms with Crippen LogP contribution in [0.5, 0.6) is 5.75 Å². The Hall–Kier alpha value is -1.33. The monoisotopic (exact) mass is 310 g/mol. The maximum absolute atomic E-state index is 5.91. The zero-order valence-electron chi connectivity index (χ0n) is 10.3. The standard InChI is InChI=1S/C13H15BrN2O2/c1-8-5-11(16-18-8)7-17-13-6-10(14)3-4-12(13)9(2)15/h3-6,9H,7,15H2,1-2H3/t9-/m0/s1. The minimum atomic E-state index is -0.0767. The van der Waals surface area contributed by atoms with Crippen molar-refractivity contribution in [2.75, 3.05) is 0 Å². The molecule has 18 heavy (non-hydrogen) atoms. The minimum absolute atomic E-state index is 0.0767. The summed E-state index contributed by atoms with van der Waals surface area (Å²) in [6, 6.07) is 7.59. The molecule has 0 fully saturated rings. The molecule has 0 radical (unpaired) electrons. The summed E-state index contributed by atoms with van der Waals surface area (Å²) in [5, 5.41) is 3.88. The van der Waals surface area contributed by atoms with E-state index in [1.165, 1.54) is 0 Å². The van der Waals surface area contributed by atoms with Gasteiger partial charge in [-0.1, -0.05) is 27.2 Å². The summed E-state index contributed by atoms with van der Waals surface area (Å²) in [5.74, 6) is 1.54. The van der Waals surface area contributed by atoms with Crippen molar-refractivity contribution in [2.45, 2.75) is 26.5 Å². The second kappa shape index (κ2) is 5.54.